The van der Waals surface area contributed by atoms with Crippen LogP contribution in [0.5, 0.6) is 0 Å². The predicted octanol–water partition coefficient (Wildman–Crippen LogP) is 5.74. The summed E-state index contributed by atoms with van der Waals surface area (Å²) in [4.78, 5) is 29.5. The highest BCUT2D eigenvalue weighted by Crippen LogP contribution is 2.27. The molecule has 0 aliphatic rings. The van der Waals surface area contributed by atoms with Gasteiger partial charge in [0.2, 0.25) is 0 Å². The van der Waals surface area contributed by atoms with Gasteiger partial charge in [0, 0.05) is 16.6 Å². The van der Waals surface area contributed by atoms with E-state index in [-0.39, 0.29) is 0 Å². The molecule has 4 rings (SSSR count). The molecule has 1 atom stereocenters. The van der Waals surface area contributed by atoms with Crippen LogP contribution in [0.1, 0.15) is 17.3 Å². The van der Waals surface area contributed by atoms with Crippen molar-refractivity contribution >= 4 is 40.1 Å². The fourth-order valence-corrected chi connectivity index (χ4v) is 3.36. The number of carbonyl (C=O) groups is 2. The van der Waals surface area contributed by atoms with Crippen LogP contribution in [0, 0.1) is 0 Å². The number of carbonyl (C=O) groups excluding carboxylic acids is 2. The molecule has 0 aliphatic carbocycles. The van der Waals surface area contributed by atoms with Crippen molar-refractivity contribution in [1.82, 2.24) is 4.98 Å². The number of amides is 1. The van der Waals surface area contributed by atoms with E-state index in [4.69, 9.17) is 16.3 Å². The van der Waals surface area contributed by atoms with Gasteiger partial charge in [-0.2, -0.15) is 0 Å². The number of halogens is 1. The molecular weight excluding hydrogens is 412 g/mol. The summed E-state index contributed by atoms with van der Waals surface area (Å²) in [5.74, 6) is -0.998. The summed E-state index contributed by atoms with van der Waals surface area (Å²) in [6.07, 6.45) is -0.977. The van der Waals surface area contributed by atoms with Gasteiger partial charge >= 0.3 is 5.97 Å². The lowest BCUT2D eigenvalue weighted by Crippen LogP contribution is -2.30. The number of benzene rings is 3. The van der Waals surface area contributed by atoms with E-state index in [1.165, 1.54) is 0 Å². The number of fused-ring (bicyclic) bond motifs is 1. The molecule has 31 heavy (non-hydrogen) atoms. The van der Waals surface area contributed by atoms with Crippen molar-refractivity contribution in [3.8, 4) is 11.1 Å². The lowest BCUT2D eigenvalue weighted by Gasteiger charge is -2.16. The summed E-state index contributed by atoms with van der Waals surface area (Å²) < 4.78 is 5.39. The van der Waals surface area contributed by atoms with Gasteiger partial charge in [0.1, 0.15) is 5.15 Å². The molecule has 0 spiro atoms. The number of anilines is 1. The van der Waals surface area contributed by atoms with Crippen LogP contribution in [0.25, 0.3) is 22.0 Å². The quantitative estimate of drug-likeness (QED) is 0.324. The second-order valence-corrected chi connectivity index (χ2v) is 7.38. The topological polar surface area (TPSA) is 68.3 Å². The van der Waals surface area contributed by atoms with Gasteiger partial charge in [-0.25, -0.2) is 9.78 Å². The van der Waals surface area contributed by atoms with Crippen LogP contribution in [0.3, 0.4) is 0 Å². The van der Waals surface area contributed by atoms with Gasteiger partial charge in [-0.3, -0.25) is 4.79 Å². The standard InChI is InChI=1S/C25H19ClN2O3/c1-16(31-25(30)19-11-13-21-18(15-19)12-14-23(26)27-21)24(29)28-22-10-6-5-9-20(22)17-7-3-2-4-8-17/h2-16H,1H3,(H,28,29). The average molecular weight is 431 g/mol. The van der Waals surface area contributed by atoms with Gasteiger partial charge in [0.25, 0.3) is 5.91 Å². The van der Waals surface area contributed by atoms with Crippen molar-refractivity contribution in [2.75, 3.05) is 5.32 Å². The number of esters is 1. The average Bonchev–Trinajstić information content (AvgIpc) is 2.79. The maximum absolute atomic E-state index is 12.7. The van der Waals surface area contributed by atoms with E-state index in [9.17, 15) is 9.59 Å². The number of pyridine rings is 1. The zero-order valence-corrected chi connectivity index (χ0v) is 17.5. The molecule has 1 aromatic heterocycles. The highest BCUT2D eigenvalue weighted by molar-refractivity contribution is 6.29. The summed E-state index contributed by atoms with van der Waals surface area (Å²) in [7, 11) is 0. The zero-order chi connectivity index (χ0) is 21.8. The molecule has 1 N–H and O–H groups in total. The molecule has 0 saturated heterocycles. The van der Waals surface area contributed by atoms with Gasteiger partial charge in [-0.1, -0.05) is 60.1 Å². The second kappa shape index (κ2) is 8.98. The Bertz CT molecular complexity index is 1260. The van der Waals surface area contributed by atoms with E-state index in [1.54, 1.807) is 37.3 Å². The first-order valence-electron chi connectivity index (χ1n) is 9.74. The minimum absolute atomic E-state index is 0.334. The smallest absolute Gasteiger partial charge is 0.338 e. The molecule has 6 heteroatoms. The van der Waals surface area contributed by atoms with E-state index in [1.807, 2.05) is 54.6 Å². The number of hydrogen-bond donors (Lipinski definition) is 1. The molecule has 1 unspecified atom stereocenters. The van der Waals surface area contributed by atoms with Crippen LogP contribution in [-0.4, -0.2) is 23.0 Å². The molecule has 4 aromatic rings. The van der Waals surface area contributed by atoms with E-state index in [2.05, 4.69) is 10.3 Å². The maximum atomic E-state index is 12.7. The molecule has 0 radical (unpaired) electrons. The van der Waals surface area contributed by atoms with E-state index in [0.717, 1.165) is 16.5 Å². The molecule has 0 aliphatic heterocycles. The summed E-state index contributed by atoms with van der Waals surface area (Å²) in [5.41, 5.74) is 3.52. The summed E-state index contributed by atoms with van der Waals surface area (Å²) in [6.45, 7) is 1.54. The van der Waals surface area contributed by atoms with Gasteiger partial charge in [-0.15, -0.1) is 0 Å². The fraction of sp³-hybridized carbons (Fsp3) is 0.0800. The third kappa shape index (κ3) is 4.73. The van der Waals surface area contributed by atoms with Crippen LogP contribution in [0.4, 0.5) is 5.69 Å². The Morgan fingerprint density at radius 1 is 0.935 bits per heavy atom. The number of para-hydroxylation sites is 1. The lowest BCUT2D eigenvalue weighted by atomic mass is 10.0. The van der Waals surface area contributed by atoms with Crippen molar-refractivity contribution in [3.63, 3.8) is 0 Å². The predicted molar refractivity (Wildman–Crippen MR) is 122 cm³/mol. The molecular formula is C25H19ClN2O3. The van der Waals surface area contributed by atoms with Crippen molar-refractivity contribution < 1.29 is 14.3 Å². The van der Waals surface area contributed by atoms with E-state index in [0.29, 0.717) is 21.9 Å². The van der Waals surface area contributed by atoms with E-state index < -0.39 is 18.0 Å². The van der Waals surface area contributed by atoms with Crippen LogP contribution >= 0.6 is 11.6 Å². The molecule has 0 bridgehead atoms. The Kier molecular flexibility index (Phi) is 5.96. The Labute approximate surface area is 184 Å². The maximum Gasteiger partial charge on any atom is 0.338 e. The molecule has 1 heterocycles. The van der Waals surface area contributed by atoms with Crippen LogP contribution in [0.15, 0.2) is 84.9 Å². The van der Waals surface area contributed by atoms with Crippen molar-refractivity contribution in [3.05, 3.63) is 95.6 Å². The number of nitrogens with zero attached hydrogens (tertiary/aromatic N) is 1. The van der Waals surface area contributed by atoms with Gasteiger partial charge in [-0.05, 0) is 48.9 Å². The Morgan fingerprint density at radius 3 is 2.48 bits per heavy atom. The summed E-state index contributed by atoms with van der Waals surface area (Å²) >= 11 is 5.89. The number of aromatic nitrogens is 1. The fourth-order valence-electron chi connectivity index (χ4n) is 3.21. The van der Waals surface area contributed by atoms with Crippen molar-refractivity contribution in [2.24, 2.45) is 0 Å². The second-order valence-electron chi connectivity index (χ2n) is 6.99. The Balaban J connectivity index is 1.47. The van der Waals surface area contributed by atoms with Gasteiger partial charge in [0.05, 0.1) is 11.1 Å². The minimum Gasteiger partial charge on any atom is -0.449 e. The molecule has 154 valence electrons. The van der Waals surface area contributed by atoms with Crippen molar-refractivity contribution in [1.29, 1.82) is 0 Å². The normalized spacial score (nSPS) is 11.7. The monoisotopic (exact) mass is 430 g/mol. The third-order valence-electron chi connectivity index (χ3n) is 4.81. The van der Waals surface area contributed by atoms with Crippen LogP contribution < -0.4 is 5.32 Å². The molecule has 3 aromatic carbocycles. The number of nitrogens with one attached hydrogen (secondary N) is 1. The first-order valence-corrected chi connectivity index (χ1v) is 10.1. The number of ether oxygens (including phenoxy) is 1. The Morgan fingerprint density at radius 2 is 1.68 bits per heavy atom. The number of hydrogen-bond acceptors (Lipinski definition) is 4. The van der Waals surface area contributed by atoms with Gasteiger partial charge < -0.3 is 10.1 Å². The van der Waals surface area contributed by atoms with Crippen LogP contribution in [-0.2, 0) is 9.53 Å². The first kappa shape index (κ1) is 20.6. The first-order chi connectivity index (χ1) is 15.0. The highest BCUT2D eigenvalue weighted by Gasteiger charge is 2.20. The molecule has 1 amide bonds. The summed E-state index contributed by atoms with van der Waals surface area (Å²) in [5, 5.41) is 4.00. The zero-order valence-electron chi connectivity index (χ0n) is 16.7. The third-order valence-corrected chi connectivity index (χ3v) is 5.02. The largest absolute Gasteiger partial charge is 0.449 e. The number of rotatable bonds is 5. The molecule has 0 saturated carbocycles. The van der Waals surface area contributed by atoms with E-state index >= 15 is 0 Å². The minimum atomic E-state index is -0.977. The Hall–Kier alpha value is -3.70. The van der Waals surface area contributed by atoms with Crippen molar-refractivity contribution in [2.45, 2.75) is 13.0 Å². The van der Waals surface area contributed by atoms with Gasteiger partial charge in [0.15, 0.2) is 6.10 Å². The molecule has 5 nitrogen and oxygen atoms in total. The molecule has 0 fully saturated rings. The lowest BCUT2D eigenvalue weighted by molar-refractivity contribution is -0.123. The highest BCUT2D eigenvalue weighted by atomic mass is 35.5. The van der Waals surface area contributed by atoms with Crippen LogP contribution in [0.2, 0.25) is 5.15 Å². The summed E-state index contributed by atoms with van der Waals surface area (Å²) in [6, 6.07) is 25.6. The SMILES string of the molecule is CC(OC(=O)c1ccc2nc(Cl)ccc2c1)C(=O)Nc1ccccc1-c1ccccc1.